The fourth-order valence-electron chi connectivity index (χ4n) is 1.71. The van der Waals surface area contributed by atoms with Crippen molar-refractivity contribution in [3.63, 3.8) is 0 Å². The maximum Gasteiger partial charge on any atom is 0.128 e. The number of halogens is 1. The average molecular weight is 231 g/mol. The summed E-state index contributed by atoms with van der Waals surface area (Å²) in [5.74, 6) is -0.00838. The Morgan fingerprint density at radius 1 is 1.06 bits per heavy atom. The molecule has 3 heteroatoms. The van der Waals surface area contributed by atoms with Gasteiger partial charge in [-0.05, 0) is 36.4 Å². The molecule has 0 aliphatic heterocycles. The second kappa shape index (κ2) is 4.97. The van der Waals surface area contributed by atoms with Crippen LogP contribution < -0.4 is 5.32 Å². The highest BCUT2D eigenvalue weighted by atomic mass is 19.1. The zero-order chi connectivity index (χ0) is 12.3. The predicted molar refractivity (Wildman–Crippen MR) is 66.3 cm³/mol. The van der Waals surface area contributed by atoms with Crippen LogP contribution in [-0.2, 0) is 6.54 Å². The molecule has 0 heterocycles. The van der Waals surface area contributed by atoms with E-state index in [1.165, 1.54) is 6.07 Å². The summed E-state index contributed by atoms with van der Waals surface area (Å²) < 4.78 is 13.7. The van der Waals surface area contributed by atoms with Gasteiger partial charge in [0, 0.05) is 12.1 Å². The summed E-state index contributed by atoms with van der Waals surface area (Å²) >= 11 is 0. The first-order valence-electron chi connectivity index (χ1n) is 5.43. The van der Waals surface area contributed by atoms with E-state index in [9.17, 15) is 9.50 Å². The predicted octanol–water partition coefficient (Wildman–Crippen LogP) is 2.92. The number of benzene rings is 2. The van der Waals surface area contributed by atoms with Crippen molar-refractivity contribution in [2.24, 2.45) is 0 Å². The topological polar surface area (TPSA) is 32.3 Å². The largest absolute Gasteiger partial charge is 0.508 e. The van der Waals surface area contributed by atoms with Crippen molar-refractivity contribution in [3.8, 4) is 16.9 Å². The smallest absolute Gasteiger partial charge is 0.128 e. The van der Waals surface area contributed by atoms with Gasteiger partial charge in [0.15, 0.2) is 0 Å². The Morgan fingerprint density at radius 2 is 1.71 bits per heavy atom. The maximum atomic E-state index is 13.7. The van der Waals surface area contributed by atoms with Crippen LogP contribution in [0.1, 0.15) is 5.56 Å². The molecule has 0 saturated heterocycles. The van der Waals surface area contributed by atoms with Gasteiger partial charge >= 0.3 is 0 Å². The molecule has 17 heavy (non-hydrogen) atoms. The monoisotopic (exact) mass is 231 g/mol. The number of hydrogen-bond acceptors (Lipinski definition) is 2. The van der Waals surface area contributed by atoms with Crippen LogP contribution in [0.2, 0.25) is 0 Å². The first-order valence-corrected chi connectivity index (χ1v) is 5.43. The highest BCUT2D eigenvalue weighted by molar-refractivity contribution is 5.64. The van der Waals surface area contributed by atoms with E-state index in [0.717, 1.165) is 11.1 Å². The third kappa shape index (κ3) is 2.63. The van der Waals surface area contributed by atoms with E-state index in [1.54, 1.807) is 37.4 Å². The van der Waals surface area contributed by atoms with Gasteiger partial charge in [-0.1, -0.05) is 24.3 Å². The lowest BCUT2D eigenvalue weighted by Crippen LogP contribution is -2.06. The Hall–Kier alpha value is -1.87. The summed E-state index contributed by atoms with van der Waals surface area (Å²) in [6, 6.07) is 11.9. The van der Waals surface area contributed by atoms with Crippen LogP contribution in [0.5, 0.6) is 5.75 Å². The lowest BCUT2D eigenvalue weighted by atomic mass is 10.0. The molecule has 0 saturated carbocycles. The van der Waals surface area contributed by atoms with Gasteiger partial charge in [-0.15, -0.1) is 0 Å². The Balaban J connectivity index is 2.34. The summed E-state index contributed by atoms with van der Waals surface area (Å²) in [7, 11) is 1.79. The minimum Gasteiger partial charge on any atom is -0.508 e. The molecule has 0 aromatic heterocycles. The highest BCUT2D eigenvalue weighted by Gasteiger charge is 2.04. The van der Waals surface area contributed by atoms with Gasteiger partial charge in [-0.3, -0.25) is 0 Å². The summed E-state index contributed by atoms with van der Waals surface area (Å²) in [6.45, 7) is 0.516. The molecule has 0 aliphatic rings. The van der Waals surface area contributed by atoms with Gasteiger partial charge in [0.05, 0.1) is 0 Å². The van der Waals surface area contributed by atoms with Gasteiger partial charge in [-0.2, -0.15) is 0 Å². The lowest BCUT2D eigenvalue weighted by molar-refractivity contribution is 0.475. The molecular weight excluding hydrogens is 217 g/mol. The quantitative estimate of drug-likeness (QED) is 0.851. The van der Waals surface area contributed by atoms with Gasteiger partial charge in [-0.25, -0.2) is 4.39 Å². The SMILES string of the molecule is CNCc1ccc(-c2ccc(O)cc2)cc1F. The zero-order valence-electron chi connectivity index (χ0n) is 9.57. The van der Waals surface area contributed by atoms with Gasteiger partial charge in [0.1, 0.15) is 11.6 Å². The van der Waals surface area contributed by atoms with Crippen molar-refractivity contribution < 1.29 is 9.50 Å². The Bertz CT molecular complexity index is 508. The Kier molecular flexibility index (Phi) is 3.40. The average Bonchev–Trinajstić information content (AvgIpc) is 2.33. The summed E-state index contributed by atoms with van der Waals surface area (Å²) in [5.41, 5.74) is 2.34. The zero-order valence-corrected chi connectivity index (χ0v) is 9.57. The van der Waals surface area contributed by atoms with E-state index in [0.29, 0.717) is 12.1 Å². The van der Waals surface area contributed by atoms with Crippen molar-refractivity contribution in [2.45, 2.75) is 6.54 Å². The van der Waals surface area contributed by atoms with Crippen LogP contribution in [0.3, 0.4) is 0 Å². The third-order valence-electron chi connectivity index (χ3n) is 2.62. The van der Waals surface area contributed by atoms with Crippen LogP contribution in [-0.4, -0.2) is 12.2 Å². The van der Waals surface area contributed by atoms with Gasteiger partial charge in [0.2, 0.25) is 0 Å². The molecule has 2 rings (SSSR count). The van der Waals surface area contributed by atoms with Crippen molar-refractivity contribution in [3.05, 3.63) is 53.8 Å². The number of nitrogens with one attached hydrogen (secondary N) is 1. The van der Waals surface area contributed by atoms with Gasteiger partial charge < -0.3 is 10.4 Å². The van der Waals surface area contributed by atoms with E-state index in [1.807, 2.05) is 6.07 Å². The molecule has 2 aromatic rings. The molecule has 0 atom stereocenters. The summed E-state index contributed by atoms with van der Waals surface area (Å²) in [5, 5.41) is 12.1. The molecule has 0 unspecified atom stereocenters. The van der Waals surface area contributed by atoms with E-state index in [2.05, 4.69) is 5.32 Å². The van der Waals surface area contributed by atoms with Crippen molar-refractivity contribution >= 4 is 0 Å². The molecule has 2 aromatic carbocycles. The molecule has 0 fully saturated rings. The lowest BCUT2D eigenvalue weighted by Gasteiger charge is -2.06. The van der Waals surface area contributed by atoms with Crippen LogP contribution in [0.15, 0.2) is 42.5 Å². The fraction of sp³-hybridized carbons (Fsp3) is 0.143. The van der Waals surface area contributed by atoms with Gasteiger partial charge in [0.25, 0.3) is 0 Å². The van der Waals surface area contributed by atoms with E-state index in [-0.39, 0.29) is 11.6 Å². The minimum absolute atomic E-state index is 0.209. The molecule has 2 N–H and O–H groups in total. The second-order valence-electron chi connectivity index (χ2n) is 3.88. The van der Waals surface area contributed by atoms with Crippen molar-refractivity contribution in [1.29, 1.82) is 0 Å². The molecule has 0 aliphatic carbocycles. The van der Waals surface area contributed by atoms with Crippen LogP contribution in [0, 0.1) is 5.82 Å². The van der Waals surface area contributed by atoms with Crippen molar-refractivity contribution in [2.75, 3.05) is 7.05 Å². The molecular formula is C14H14FNO. The molecule has 0 spiro atoms. The Labute approximate surface area is 99.7 Å². The van der Waals surface area contributed by atoms with Crippen LogP contribution in [0.4, 0.5) is 4.39 Å². The molecule has 2 nitrogen and oxygen atoms in total. The molecule has 0 amide bonds. The van der Waals surface area contributed by atoms with E-state index in [4.69, 9.17) is 0 Å². The van der Waals surface area contributed by atoms with E-state index >= 15 is 0 Å². The van der Waals surface area contributed by atoms with E-state index < -0.39 is 0 Å². The van der Waals surface area contributed by atoms with Crippen LogP contribution >= 0.6 is 0 Å². The van der Waals surface area contributed by atoms with Crippen LogP contribution in [0.25, 0.3) is 11.1 Å². The summed E-state index contributed by atoms with van der Waals surface area (Å²) in [6.07, 6.45) is 0. The molecule has 88 valence electrons. The first kappa shape index (κ1) is 11.6. The fourth-order valence-corrected chi connectivity index (χ4v) is 1.71. The normalized spacial score (nSPS) is 10.5. The number of hydrogen-bond donors (Lipinski definition) is 2. The molecule has 0 radical (unpaired) electrons. The second-order valence-corrected chi connectivity index (χ2v) is 3.88. The third-order valence-corrected chi connectivity index (χ3v) is 2.62. The number of phenols is 1. The number of phenolic OH excluding ortho intramolecular Hbond substituents is 1. The summed E-state index contributed by atoms with van der Waals surface area (Å²) in [4.78, 5) is 0. The maximum absolute atomic E-state index is 13.7. The highest BCUT2D eigenvalue weighted by Crippen LogP contribution is 2.23. The minimum atomic E-state index is -0.218. The first-order chi connectivity index (χ1) is 8.20. The number of rotatable bonds is 3. The van der Waals surface area contributed by atoms with Crippen molar-refractivity contribution in [1.82, 2.24) is 5.32 Å². The standard InChI is InChI=1S/C14H14FNO/c1-16-9-12-3-2-11(8-14(12)15)10-4-6-13(17)7-5-10/h2-8,16-17H,9H2,1H3. The molecule has 0 bridgehead atoms. The Morgan fingerprint density at radius 3 is 2.29 bits per heavy atom. The number of aromatic hydroxyl groups is 1.